The van der Waals surface area contributed by atoms with E-state index in [9.17, 15) is 9.90 Å². The van der Waals surface area contributed by atoms with Crippen molar-refractivity contribution in [3.8, 4) is 5.75 Å². The number of fused-ring (bicyclic) bond motifs is 3. The van der Waals surface area contributed by atoms with Gasteiger partial charge < -0.3 is 10.1 Å². The maximum absolute atomic E-state index is 11.2. The quantitative estimate of drug-likeness (QED) is 0.561. The van der Waals surface area contributed by atoms with E-state index in [2.05, 4.69) is 4.98 Å². The highest BCUT2D eigenvalue weighted by atomic mass is 16.3. The number of nitrogens with one attached hydrogen (secondary N) is 1. The summed E-state index contributed by atoms with van der Waals surface area (Å²) < 4.78 is 0. The summed E-state index contributed by atoms with van der Waals surface area (Å²) in [5.41, 5.74) is 0.705. The second-order valence-electron chi connectivity index (χ2n) is 3.75. The molecule has 1 heterocycles. The van der Waals surface area contributed by atoms with Crippen LogP contribution in [0.3, 0.4) is 0 Å². The van der Waals surface area contributed by atoms with Gasteiger partial charge in [-0.15, -0.1) is 0 Å². The van der Waals surface area contributed by atoms with Gasteiger partial charge in [-0.05, 0) is 35.0 Å². The Morgan fingerprint density at radius 3 is 2.62 bits per heavy atom. The van der Waals surface area contributed by atoms with Crippen LogP contribution in [0.25, 0.3) is 21.7 Å². The van der Waals surface area contributed by atoms with Crippen LogP contribution in [0.5, 0.6) is 5.75 Å². The van der Waals surface area contributed by atoms with Crippen molar-refractivity contribution in [1.82, 2.24) is 4.98 Å². The molecule has 0 aliphatic rings. The molecule has 0 saturated heterocycles. The Morgan fingerprint density at radius 1 is 0.938 bits per heavy atom. The first-order valence-electron chi connectivity index (χ1n) is 4.99. The summed E-state index contributed by atoms with van der Waals surface area (Å²) in [5, 5.41) is 12.3. The van der Waals surface area contributed by atoms with E-state index in [0.717, 1.165) is 21.7 Å². The average Bonchev–Trinajstić information content (AvgIpc) is 2.28. The topological polar surface area (TPSA) is 53.1 Å². The van der Waals surface area contributed by atoms with Crippen molar-refractivity contribution >= 4 is 21.7 Å². The molecule has 1 aromatic heterocycles. The minimum Gasteiger partial charge on any atom is -0.508 e. The zero-order valence-corrected chi connectivity index (χ0v) is 8.40. The standard InChI is InChI=1S/C13H9NO2/c15-9-2-3-10-8(7-9)1-5-12-11(10)4-6-13(16)14-12/h1-7,15H,(H,14,16). The molecule has 0 atom stereocenters. The van der Waals surface area contributed by atoms with Gasteiger partial charge in [0.2, 0.25) is 5.56 Å². The van der Waals surface area contributed by atoms with E-state index in [1.54, 1.807) is 18.2 Å². The van der Waals surface area contributed by atoms with Crippen LogP contribution in [0, 0.1) is 0 Å². The smallest absolute Gasteiger partial charge is 0.248 e. The Bertz CT molecular complexity index is 744. The second-order valence-corrected chi connectivity index (χ2v) is 3.75. The highest BCUT2D eigenvalue weighted by Gasteiger charge is 2.01. The van der Waals surface area contributed by atoms with Crippen molar-refractivity contribution in [3.63, 3.8) is 0 Å². The van der Waals surface area contributed by atoms with Gasteiger partial charge >= 0.3 is 0 Å². The number of hydrogen-bond acceptors (Lipinski definition) is 2. The number of rotatable bonds is 0. The molecule has 0 unspecified atom stereocenters. The Hall–Kier alpha value is -2.29. The van der Waals surface area contributed by atoms with Gasteiger partial charge in [0.05, 0.1) is 0 Å². The van der Waals surface area contributed by atoms with Crippen LogP contribution in [-0.2, 0) is 0 Å². The van der Waals surface area contributed by atoms with Crippen molar-refractivity contribution in [3.05, 3.63) is 52.8 Å². The van der Waals surface area contributed by atoms with Crippen molar-refractivity contribution < 1.29 is 5.11 Å². The van der Waals surface area contributed by atoms with E-state index in [-0.39, 0.29) is 11.3 Å². The predicted molar refractivity (Wildman–Crippen MR) is 63.7 cm³/mol. The van der Waals surface area contributed by atoms with Crippen LogP contribution in [0.15, 0.2) is 47.3 Å². The maximum atomic E-state index is 11.2. The Labute approximate surface area is 91.0 Å². The lowest BCUT2D eigenvalue weighted by atomic mass is 10.1. The fraction of sp³-hybridized carbons (Fsp3) is 0. The first-order chi connectivity index (χ1) is 7.74. The number of benzene rings is 2. The molecule has 0 radical (unpaired) electrons. The highest BCUT2D eigenvalue weighted by Crippen LogP contribution is 2.26. The summed E-state index contributed by atoms with van der Waals surface area (Å²) in [7, 11) is 0. The maximum Gasteiger partial charge on any atom is 0.248 e. The SMILES string of the molecule is O=c1ccc2c(ccc3cc(O)ccc32)[nH]1. The van der Waals surface area contributed by atoms with Gasteiger partial charge in [0.1, 0.15) is 5.75 Å². The van der Waals surface area contributed by atoms with Crippen LogP contribution in [0.1, 0.15) is 0 Å². The fourth-order valence-corrected chi connectivity index (χ4v) is 1.96. The van der Waals surface area contributed by atoms with Gasteiger partial charge in [-0.2, -0.15) is 0 Å². The monoisotopic (exact) mass is 211 g/mol. The van der Waals surface area contributed by atoms with E-state index in [0.29, 0.717) is 0 Å². The molecule has 0 amide bonds. The molecule has 0 fully saturated rings. The Morgan fingerprint density at radius 2 is 1.75 bits per heavy atom. The number of phenols is 1. The summed E-state index contributed by atoms with van der Waals surface area (Å²) >= 11 is 0. The fourth-order valence-electron chi connectivity index (χ4n) is 1.96. The Kier molecular flexibility index (Phi) is 1.74. The number of pyridine rings is 1. The number of H-pyrrole nitrogens is 1. The summed E-state index contributed by atoms with van der Waals surface area (Å²) in [6.07, 6.45) is 0. The first-order valence-corrected chi connectivity index (χ1v) is 4.99. The molecule has 2 aromatic carbocycles. The van der Waals surface area contributed by atoms with Gasteiger partial charge in [0.25, 0.3) is 0 Å². The molecule has 0 aliphatic carbocycles. The zero-order valence-electron chi connectivity index (χ0n) is 8.40. The lowest BCUT2D eigenvalue weighted by molar-refractivity contribution is 0.476. The lowest BCUT2D eigenvalue weighted by Gasteiger charge is -2.03. The first kappa shape index (κ1) is 8.97. The molecular formula is C13H9NO2. The van der Waals surface area contributed by atoms with Gasteiger partial charge in [-0.1, -0.05) is 12.1 Å². The van der Waals surface area contributed by atoms with Crippen LogP contribution >= 0.6 is 0 Å². The third-order valence-corrected chi connectivity index (χ3v) is 2.70. The molecule has 0 saturated carbocycles. The summed E-state index contributed by atoms with van der Waals surface area (Å²) in [4.78, 5) is 14.0. The molecule has 0 spiro atoms. The van der Waals surface area contributed by atoms with E-state index in [1.807, 2.05) is 18.2 Å². The number of aromatic hydroxyl groups is 1. The summed E-state index contributed by atoms with van der Waals surface area (Å²) in [6, 6.07) is 12.2. The molecule has 3 heteroatoms. The molecule has 0 aliphatic heterocycles. The van der Waals surface area contributed by atoms with Gasteiger partial charge in [0, 0.05) is 17.0 Å². The van der Waals surface area contributed by atoms with E-state index in [4.69, 9.17) is 0 Å². The molecule has 2 N–H and O–H groups in total. The van der Waals surface area contributed by atoms with Crippen molar-refractivity contribution in [2.75, 3.05) is 0 Å². The highest BCUT2D eigenvalue weighted by molar-refractivity contribution is 6.06. The number of aromatic amines is 1. The van der Waals surface area contributed by atoms with Crippen LogP contribution < -0.4 is 5.56 Å². The van der Waals surface area contributed by atoms with Crippen LogP contribution in [-0.4, -0.2) is 10.1 Å². The van der Waals surface area contributed by atoms with E-state index in [1.165, 1.54) is 6.07 Å². The lowest BCUT2D eigenvalue weighted by Crippen LogP contribution is -2.02. The third kappa shape index (κ3) is 1.26. The van der Waals surface area contributed by atoms with Crippen molar-refractivity contribution in [2.24, 2.45) is 0 Å². The minimum atomic E-state index is -0.106. The van der Waals surface area contributed by atoms with Gasteiger partial charge in [-0.3, -0.25) is 4.79 Å². The van der Waals surface area contributed by atoms with Crippen molar-refractivity contribution in [2.45, 2.75) is 0 Å². The van der Waals surface area contributed by atoms with E-state index < -0.39 is 0 Å². The molecular weight excluding hydrogens is 202 g/mol. The molecule has 0 bridgehead atoms. The number of hydrogen-bond donors (Lipinski definition) is 2. The predicted octanol–water partition coefficient (Wildman–Crippen LogP) is 2.39. The summed E-state index contributed by atoms with van der Waals surface area (Å²) in [6.45, 7) is 0. The summed E-state index contributed by atoms with van der Waals surface area (Å²) in [5.74, 6) is 0.247. The molecule has 16 heavy (non-hydrogen) atoms. The third-order valence-electron chi connectivity index (χ3n) is 2.70. The number of aromatic nitrogens is 1. The normalized spacial score (nSPS) is 11.0. The van der Waals surface area contributed by atoms with E-state index >= 15 is 0 Å². The Balaban J connectivity index is 2.54. The number of phenolic OH excluding ortho intramolecular Hbond substituents is 1. The van der Waals surface area contributed by atoms with Gasteiger partial charge in [-0.25, -0.2) is 0 Å². The van der Waals surface area contributed by atoms with Gasteiger partial charge in [0.15, 0.2) is 0 Å². The molecule has 3 aromatic rings. The molecule has 78 valence electrons. The molecule has 3 rings (SSSR count). The van der Waals surface area contributed by atoms with Crippen LogP contribution in [0.4, 0.5) is 0 Å². The molecule has 3 nitrogen and oxygen atoms in total. The van der Waals surface area contributed by atoms with Crippen molar-refractivity contribution in [1.29, 1.82) is 0 Å². The largest absolute Gasteiger partial charge is 0.508 e. The second kappa shape index (κ2) is 3.10. The van der Waals surface area contributed by atoms with Crippen LogP contribution in [0.2, 0.25) is 0 Å². The zero-order chi connectivity index (χ0) is 11.1. The minimum absolute atomic E-state index is 0.106. The average molecular weight is 211 g/mol.